The fourth-order valence-electron chi connectivity index (χ4n) is 3.02. The predicted octanol–water partition coefficient (Wildman–Crippen LogP) is 1.42. The van der Waals surface area contributed by atoms with Crippen LogP contribution in [0.3, 0.4) is 0 Å². The topological polar surface area (TPSA) is 41.4 Å². The third-order valence-electron chi connectivity index (χ3n) is 4.53. The van der Waals surface area contributed by atoms with E-state index in [1.54, 1.807) is 10.9 Å². The number of aromatic nitrogens is 2. The van der Waals surface area contributed by atoms with Gasteiger partial charge in [0.1, 0.15) is 0 Å². The van der Waals surface area contributed by atoms with Crippen LogP contribution in [0, 0.1) is 0 Å². The van der Waals surface area contributed by atoms with Crippen molar-refractivity contribution in [3.05, 3.63) is 40.9 Å². The minimum atomic E-state index is 0.0615. The molecular formula is C17H24N4O. The summed E-state index contributed by atoms with van der Waals surface area (Å²) in [6.07, 6.45) is 1.68. The molecular weight excluding hydrogens is 276 g/mol. The van der Waals surface area contributed by atoms with Crippen molar-refractivity contribution in [3.8, 4) is 0 Å². The van der Waals surface area contributed by atoms with Crippen molar-refractivity contribution >= 4 is 10.9 Å². The Bertz CT molecular complexity index is 686. The summed E-state index contributed by atoms with van der Waals surface area (Å²) >= 11 is 0. The van der Waals surface area contributed by atoms with E-state index < -0.39 is 0 Å². The second-order valence-electron chi connectivity index (χ2n) is 6.23. The number of fused-ring (bicyclic) bond motifs is 1. The summed E-state index contributed by atoms with van der Waals surface area (Å²) in [6.45, 7) is 10.5. The van der Waals surface area contributed by atoms with E-state index >= 15 is 0 Å². The lowest BCUT2D eigenvalue weighted by Gasteiger charge is -2.36. The second kappa shape index (κ2) is 6.58. The Hall–Kier alpha value is -1.72. The lowest BCUT2D eigenvalue weighted by atomic mass is 10.2. The van der Waals surface area contributed by atoms with E-state index in [-0.39, 0.29) is 5.56 Å². The first kappa shape index (κ1) is 15.2. The van der Waals surface area contributed by atoms with Gasteiger partial charge in [-0.15, -0.1) is 0 Å². The minimum Gasteiger partial charge on any atom is -0.299 e. The summed E-state index contributed by atoms with van der Waals surface area (Å²) in [5.74, 6) is 0. The van der Waals surface area contributed by atoms with Gasteiger partial charge in [-0.1, -0.05) is 12.1 Å². The van der Waals surface area contributed by atoms with Crippen LogP contribution in [0.1, 0.15) is 13.8 Å². The molecule has 5 heteroatoms. The second-order valence-corrected chi connectivity index (χ2v) is 6.23. The van der Waals surface area contributed by atoms with Crippen LogP contribution in [0.2, 0.25) is 0 Å². The summed E-state index contributed by atoms with van der Waals surface area (Å²) in [5.41, 5.74) is 0.834. The molecule has 1 aliphatic heterocycles. The fourth-order valence-corrected chi connectivity index (χ4v) is 3.02. The highest BCUT2D eigenvalue weighted by Crippen LogP contribution is 2.07. The Kier molecular flexibility index (Phi) is 4.55. The standard InChI is InChI=1S/C17H24N4O/c1-14(2)20-10-7-19(8-11-20)9-12-21-13-18-16-6-4-3-5-15(16)17(21)22/h3-6,13-14H,7-12H2,1-2H3. The number of benzene rings is 1. The fraction of sp³-hybridized carbons (Fsp3) is 0.529. The number of nitrogens with zero attached hydrogens (tertiary/aromatic N) is 4. The van der Waals surface area contributed by atoms with Crippen molar-refractivity contribution in [1.29, 1.82) is 0 Å². The lowest BCUT2D eigenvalue weighted by molar-refractivity contribution is 0.106. The molecule has 5 nitrogen and oxygen atoms in total. The van der Waals surface area contributed by atoms with Gasteiger partial charge in [-0.3, -0.25) is 19.2 Å². The maximum Gasteiger partial charge on any atom is 0.261 e. The Morgan fingerprint density at radius 2 is 1.82 bits per heavy atom. The molecule has 0 bridgehead atoms. The molecule has 22 heavy (non-hydrogen) atoms. The molecule has 0 N–H and O–H groups in total. The van der Waals surface area contributed by atoms with Crippen molar-refractivity contribution in [1.82, 2.24) is 19.4 Å². The highest BCUT2D eigenvalue weighted by atomic mass is 16.1. The summed E-state index contributed by atoms with van der Waals surface area (Å²) in [4.78, 5) is 21.7. The van der Waals surface area contributed by atoms with Crippen molar-refractivity contribution < 1.29 is 0 Å². The average molecular weight is 300 g/mol. The molecule has 0 atom stereocenters. The van der Waals surface area contributed by atoms with Gasteiger partial charge in [-0.2, -0.15) is 0 Å². The van der Waals surface area contributed by atoms with Crippen molar-refractivity contribution in [2.75, 3.05) is 32.7 Å². The van der Waals surface area contributed by atoms with Gasteiger partial charge in [0.05, 0.1) is 17.2 Å². The monoisotopic (exact) mass is 300 g/mol. The third-order valence-corrected chi connectivity index (χ3v) is 4.53. The van der Waals surface area contributed by atoms with Crippen molar-refractivity contribution in [3.63, 3.8) is 0 Å². The minimum absolute atomic E-state index is 0.0615. The zero-order valence-electron chi connectivity index (χ0n) is 13.4. The summed E-state index contributed by atoms with van der Waals surface area (Å²) in [6, 6.07) is 8.15. The maximum absolute atomic E-state index is 12.4. The van der Waals surface area contributed by atoms with Crippen LogP contribution < -0.4 is 5.56 Å². The van der Waals surface area contributed by atoms with Gasteiger partial charge >= 0.3 is 0 Å². The first-order valence-electron chi connectivity index (χ1n) is 8.06. The molecule has 0 spiro atoms. The smallest absolute Gasteiger partial charge is 0.261 e. The predicted molar refractivity (Wildman–Crippen MR) is 89.2 cm³/mol. The van der Waals surface area contributed by atoms with E-state index in [9.17, 15) is 4.79 Å². The third kappa shape index (κ3) is 3.20. The molecule has 1 aliphatic rings. The lowest BCUT2D eigenvalue weighted by Crippen LogP contribution is -2.49. The number of piperazine rings is 1. The molecule has 1 saturated heterocycles. The highest BCUT2D eigenvalue weighted by molar-refractivity contribution is 5.76. The summed E-state index contributed by atoms with van der Waals surface area (Å²) < 4.78 is 1.73. The first-order chi connectivity index (χ1) is 10.6. The quantitative estimate of drug-likeness (QED) is 0.856. The van der Waals surface area contributed by atoms with Crippen molar-refractivity contribution in [2.24, 2.45) is 0 Å². The molecule has 2 heterocycles. The van der Waals surface area contributed by atoms with Crippen LogP contribution in [0.25, 0.3) is 10.9 Å². The molecule has 2 aromatic rings. The number of hydrogen-bond donors (Lipinski definition) is 0. The molecule has 118 valence electrons. The van der Waals surface area contributed by atoms with Gasteiger partial charge in [0.2, 0.25) is 0 Å². The van der Waals surface area contributed by atoms with Gasteiger partial charge in [-0.05, 0) is 26.0 Å². The van der Waals surface area contributed by atoms with E-state index in [1.807, 2.05) is 24.3 Å². The Labute approximate surface area is 131 Å². The normalized spacial score (nSPS) is 17.4. The van der Waals surface area contributed by atoms with E-state index in [0.29, 0.717) is 18.0 Å². The molecule has 0 aliphatic carbocycles. The largest absolute Gasteiger partial charge is 0.299 e. The van der Waals surface area contributed by atoms with Crippen LogP contribution in [0.4, 0.5) is 0 Å². The van der Waals surface area contributed by atoms with Gasteiger partial charge in [0, 0.05) is 45.3 Å². The van der Waals surface area contributed by atoms with Crippen molar-refractivity contribution in [2.45, 2.75) is 26.4 Å². The average Bonchev–Trinajstić information content (AvgIpc) is 2.55. The molecule has 0 amide bonds. The first-order valence-corrected chi connectivity index (χ1v) is 8.06. The zero-order chi connectivity index (χ0) is 15.5. The number of rotatable bonds is 4. The van der Waals surface area contributed by atoms with Crippen LogP contribution in [0.5, 0.6) is 0 Å². The molecule has 3 rings (SSSR count). The highest BCUT2D eigenvalue weighted by Gasteiger charge is 2.18. The van der Waals surface area contributed by atoms with E-state index in [2.05, 4.69) is 28.6 Å². The van der Waals surface area contributed by atoms with Crippen LogP contribution in [0.15, 0.2) is 35.4 Å². The van der Waals surface area contributed by atoms with E-state index in [0.717, 1.165) is 38.2 Å². The summed E-state index contributed by atoms with van der Waals surface area (Å²) in [7, 11) is 0. The molecule has 1 aromatic carbocycles. The number of hydrogen-bond acceptors (Lipinski definition) is 4. The summed E-state index contributed by atoms with van der Waals surface area (Å²) in [5, 5.41) is 0.703. The molecule has 1 fully saturated rings. The van der Waals surface area contributed by atoms with Gasteiger partial charge in [0.25, 0.3) is 5.56 Å². The molecule has 0 radical (unpaired) electrons. The Balaban J connectivity index is 1.63. The van der Waals surface area contributed by atoms with Gasteiger partial charge in [0.15, 0.2) is 0 Å². The van der Waals surface area contributed by atoms with E-state index in [1.165, 1.54) is 0 Å². The molecule has 0 unspecified atom stereocenters. The Morgan fingerprint density at radius 1 is 1.09 bits per heavy atom. The van der Waals surface area contributed by atoms with E-state index in [4.69, 9.17) is 0 Å². The zero-order valence-corrected chi connectivity index (χ0v) is 13.4. The van der Waals surface area contributed by atoms with Crippen LogP contribution in [-0.2, 0) is 6.54 Å². The Morgan fingerprint density at radius 3 is 2.55 bits per heavy atom. The van der Waals surface area contributed by atoms with Crippen LogP contribution in [-0.4, -0.2) is 58.1 Å². The molecule has 0 saturated carbocycles. The van der Waals surface area contributed by atoms with Gasteiger partial charge in [-0.25, -0.2) is 4.98 Å². The maximum atomic E-state index is 12.4. The van der Waals surface area contributed by atoms with Crippen LogP contribution >= 0.6 is 0 Å². The molecule has 1 aromatic heterocycles. The number of para-hydroxylation sites is 1. The van der Waals surface area contributed by atoms with Gasteiger partial charge < -0.3 is 0 Å². The SMILES string of the molecule is CC(C)N1CCN(CCn2cnc3ccccc3c2=O)CC1.